The monoisotopic (exact) mass is 664 g/mol. The van der Waals surface area contributed by atoms with Crippen LogP contribution >= 0.6 is 0 Å². The minimum atomic E-state index is -0.630. The van der Waals surface area contributed by atoms with Crippen molar-refractivity contribution >= 4 is 11.7 Å². The number of aliphatic hydroxyl groups is 1. The number of hydrogen-bond donors (Lipinski definition) is 3. The number of nitrogens with one attached hydrogen (secondary N) is 1. The van der Waals surface area contributed by atoms with Crippen LogP contribution in [-0.2, 0) is 17.8 Å². The number of nitrogen functional groups attached to an aromatic ring is 1. The molecule has 0 spiro atoms. The average Bonchev–Trinajstić information content (AvgIpc) is 3.58. The minimum Gasteiger partial charge on any atom is -0.395 e. The highest BCUT2D eigenvalue weighted by Crippen LogP contribution is 2.37. The van der Waals surface area contributed by atoms with Crippen LogP contribution in [0.2, 0.25) is 0 Å². The molecular weight excluding hydrogens is 619 g/mol. The van der Waals surface area contributed by atoms with Crippen LogP contribution in [0, 0.1) is 5.95 Å². The second-order valence-corrected chi connectivity index (χ2v) is 13.5. The van der Waals surface area contributed by atoms with Gasteiger partial charge in [0, 0.05) is 62.3 Å². The SMILES string of the molecule is Nc1ncc(-c2cccnc2F)cc1C(=O)N[C@H]1CCC[C@@H]1OCc1ccc(-c2ccc3c(c2)CCC[C@@H]3N2CCN(CCO)CC2)cc1. The van der Waals surface area contributed by atoms with Crippen LogP contribution in [0.15, 0.2) is 73.1 Å². The molecule has 4 N–H and O–H groups in total. The van der Waals surface area contributed by atoms with Gasteiger partial charge < -0.3 is 20.9 Å². The first-order valence-electron chi connectivity index (χ1n) is 17.5. The second-order valence-electron chi connectivity index (χ2n) is 13.5. The van der Waals surface area contributed by atoms with Gasteiger partial charge in [0.1, 0.15) is 5.82 Å². The largest absolute Gasteiger partial charge is 0.395 e. The van der Waals surface area contributed by atoms with Crippen LogP contribution < -0.4 is 11.1 Å². The van der Waals surface area contributed by atoms with Gasteiger partial charge in [-0.1, -0.05) is 42.5 Å². The standard InChI is InChI=1S/C39H45FN6O3/c40-37-32(5-3-15-42-37)30-23-33(38(41)43-24-30)39(48)44-34-6-2-8-36(34)49-25-26-9-11-27(12-10-26)28-13-14-31-29(22-28)4-1-7-35(31)46-18-16-45(17-19-46)20-21-47/h3,5,9-15,22-24,34-36,47H,1-2,4,6-8,16-21,25H2,(H2,41,43)(H,44,48)/t34-,35-,36-/m0/s1. The van der Waals surface area contributed by atoms with E-state index >= 15 is 0 Å². The molecule has 3 heterocycles. The molecule has 2 aromatic heterocycles. The highest BCUT2D eigenvalue weighted by Gasteiger charge is 2.31. The van der Waals surface area contributed by atoms with Crippen molar-refractivity contribution in [2.24, 2.45) is 0 Å². The van der Waals surface area contributed by atoms with Crippen molar-refractivity contribution in [2.75, 3.05) is 45.1 Å². The second kappa shape index (κ2) is 15.1. The molecule has 2 aliphatic carbocycles. The Bertz CT molecular complexity index is 1760. The number of nitrogens with two attached hydrogens (primary N) is 1. The normalized spacial score (nSPS) is 21.4. The number of carbonyl (C=O) groups excluding carboxylic acids is 1. The molecule has 10 heteroatoms. The number of hydrogen-bond acceptors (Lipinski definition) is 8. The van der Waals surface area contributed by atoms with E-state index in [0.717, 1.165) is 64.0 Å². The molecule has 49 heavy (non-hydrogen) atoms. The predicted octanol–water partition coefficient (Wildman–Crippen LogP) is 5.39. The number of aryl methyl sites for hydroxylation is 1. The fourth-order valence-electron chi connectivity index (χ4n) is 7.73. The maximum absolute atomic E-state index is 14.3. The fourth-order valence-corrected chi connectivity index (χ4v) is 7.73. The Morgan fingerprint density at radius 1 is 0.959 bits per heavy atom. The number of piperazine rings is 1. The van der Waals surface area contributed by atoms with Crippen molar-refractivity contribution < 1.29 is 19.0 Å². The number of pyridine rings is 2. The molecule has 1 aliphatic heterocycles. The Kier molecular flexibility index (Phi) is 10.3. The van der Waals surface area contributed by atoms with E-state index in [-0.39, 0.29) is 41.6 Å². The van der Waals surface area contributed by atoms with Crippen LogP contribution in [-0.4, -0.2) is 82.3 Å². The van der Waals surface area contributed by atoms with Crippen molar-refractivity contribution in [3.63, 3.8) is 0 Å². The van der Waals surface area contributed by atoms with Crippen LogP contribution in [0.3, 0.4) is 0 Å². The molecule has 4 aromatic rings. The van der Waals surface area contributed by atoms with Crippen LogP contribution in [0.4, 0.5) is 10.2 Å². The Hall–Kier alpha value is -4.22. The molecule has 0 radical (unpaired) electrons. The lowest BCUT2D eigenvalue weighted by Gasteiger charge is -2.41. The Morgan fingerprint density at radius 2 is 1.78 bits per heavy atom. The summed E-state index contributed by atoms with van der Waals surface area (Å²) in [7, 11) is 0. The molecule has 9 nitrogen and oxygen atoms in total. The number of anilines is 1. The number of β-amino-alcohol motifs (C(OH)–C–C–N with tert-alkyl or cyclic N) is 1. The zero-order valence-corrected chi connectivity index (χ0v) is 27.9. The molecule has 256 valence electrons. The lowest BCUT2D eigenvalue weighted by atomic mass is 9.84. The molecule has 3 aliphatic rings. The molecule has 1 saturated carbocycles. The third kappa shape index (κ3) is 7.52. The third-order valence-corrected chi connectivity index (χ3v) is 10.4. The molecular formula is C39H45FN6O3. The van der Waals surface area contributed by atoms with E-state index in [9.17, 15) is 14.3 Å². The Labute approximate surface area is 287 Å². The Balaban J connectivity index is 0.955. The Morgan fingerprint density at radius 3 is 2.57 bits per heavy atom. The zero-order chi connectivity index (χ0) is 33.7. The summed E-state index contributed by atoms with van der Waals surface area (Å²) in [6, 6.07) is 20.7. The zero-order valence-electron chi connectivity index (χ0n) is 27.9. The summed E-state index contributed by atoms with van der Waals surface area (Å²) in [5, 5.41) is 12.4. The molecule has 1 saturated heterocycles. The van der Waals surface area contributed by atoms with E-state index in [4.69, 9.17) is 10.5 Å². The van der Waals surface area contributed by atoms with Crippen molar-refractivity contribution in [1.82, 2.24) is 25.1 Å². The van der Waals surface area contributed by atoms with Crippen molar-refractivity contribution in [1.29, 1.82) is 0 Å². The maximum atomic E-state index is 14.3. The number of benzene rings is 2. The van der Waals surface area contributed by atoms with Gasteiger partial charge in [-0.3, -0.25) is 14.6 Å². The first-order valence-corrected chi connectivity index (χ1v) is 17.5. The smallest absolute Gasteiger partial charge is 0.255 e. The number of fused-ring (bicyclic) bond motifs is 1. The summed E-state index contributed by atoms with van der Waals surface area (Å²) in [6.07, 6.45) is 8.84. The van der Waals surface area contributed by atoms with Gasteiger partial charge in [0.15, 0.2) is 0 Å². The van der Waals surface area contributed by atoms with Gasteiger partial charge >= 0.3 is 0 Å². The fraction of sp³-hybridized carbons (Fsp3) is 0.410. The van der Waals surface area contributed by atoms with E-state index < -0.39 is 5.95 Å². The van der Waals surface area contributed by atoms with Crippen LogP contribution in [0.25, 0.3) is 22.3 Å². The minimum absolute atomic E-state index is 0.0909. The molecule has 3 atom stereocenters. The van der Waals surface area contributed by atoms with E-state index in [1.807, 2.05) is 0 Å². The predicted molar refractivity (Wildman–Crippen MR) is 188 cm³/mol. The maximum Gasteiger partial charge on any atom is 0.255 e. The molecule has 2 fully saturated rings. The van der Waals surface area contributed by atoms with Gasteiger partial charge in [-0.05, 0) is 84.5 Å². The number of aliphatic hydroxyl groups excluding tert-OH is 1. The summed E-state index contributed by atoms with van der Waals surface area (Å²) in [4.78, 5) is 26.1. The molecule has 0 unspecified atom stereocenters. The van der Waals surface area contributed by atoms with Crippen molar-refractivity contribution in [3.05, 3.63) is 101 Å². The summed E-state index contributed by atoms with van der Waals surface area (Å²) in [5.41, 5.74) is 13.4. The lowest BCUT2D eigenvalue weighted by molar-refractivity contribution is 0.0272. The molecule has 2 aromatic carbocycles. The van der Waals surface area contributed by atoms with E-state index in [2.05, 4.69) is 67.5 Å². The number of carbonyl (C=O) groups is 1. The summed E-state index contributed by atoms with van der Waals surface area (Å²) in [6.45, 7) is 5.61. The first-order chi connectivity index (χ1) is 24.0. The number of rotatable bonds is 10. The first kappa shape index (κ1) is 33.3. The topological polar surface area (TPSA) is 117 Å². The highest BCUT2D eigenvalue weighted by atomic mass is 19.1. The van der Waals surface area contributed by atoms with E-state index in [1.165, 1.54) is 47.5 Å². The van der Waals surface area contributed by atoms with Crippen LogP contribution in [0.1, 0.15) is 65.2 Å². The number of ether oxygens (including phenoxy) is 1. The van der Waals surface area contributed by atoms with Gasteiger partial charge in [-0.25, -0.2) is 9.97 Å². The van der Waals surface area contributed by atoms with Gasteiger partial charge in [-0.2, -0.15) is 4.39 Å². The number of halogens is 1. The number of aromatic nitrogens is 2. The highest BCUT2D eigenvalue weighted by molar-refractivity contribution is 5.99. The van der Waals surface area contributed by atoms with Crippen LogP contribution in [0.5, 0.6) is 0 Å². The summed E-state index contributed by atoms with van der Waals surface area (Å²) in [5.74, 6) is -0.888. The van der Waals surface area contributed by atoms with Crippen molar-refractivity contribution in [3.8, 4) is 22.3 Å². The summed E-state index contributed by atoms with van der Waals surface area (Å²) < 4.78 is 20.6. The molecule has 7 rings (SSSR count). The van der Waals surface area contributed by atoms with Gasteiger partial charge in [-0.15, -0.1) is 0 Å². The molecule has 0 bridgehead atoms. The quantitative estimate of drug-likeness (QED) is 0.194. The van der Waals surface area contributed by atoms with E-state index in [1.54, 1.807) is 18.2 Å². The number of nitrogens with zero attached hydrogens (tertiary/aromatic N) is 4. The third-order valence-electron chi connectivity index (χ3n) is 10.4. The molecule has 1 amide bonds. The average molecular weight is 665 g/mol. The van der Waals surface area contributed by atoms with Crippen molar-refractivity contribution in [2.45, 2.75) is 63.3 Å². The van der Waals surface area contributed by atoms with E-state index in [0.29, 0.717) is 18.2 Å². The van der Waals surface area contributed by atoms with Gasteiger partial charge in [0.05, 0.1) is 30.9 Å². The van der Waals surface area contributed by atoms with Gasteiger partial charge in [0.25, 0.3) is 5.91 Å². The number of amides is 1. The van der Waals surface area contributed by atoms with Gasteiger partial charge in [0.2, 0.25) is 5.95 Å². The summed E-state index contributed by atoms with van der Waals surface area (Å²) >= 11 is 0. The lowest BCUT2D eigenvalue weighted by Crippen LogP contribution is -2.48.